The molecule has 2 aromatic rings. The number of nitrogens with one attached hydrogen (secondary N) is 2. The lowest BCUT2D eigenvalue weighted by molar-refractivity contribution is -0.365. The van der Waals surface area contributed by atoms with Crippen molar-refractivity contribution in [3.63, 3.8) is 0 Å². The quantitative estimate of drug-likeness (QED) is 0.521. The Morgan fingerprint density at radius 1 is 1.34 bits per heavy atom. The van der Waals surface area contributed by atoms with Gasteiger partial charge in [0, 0.05) is 18.5 Å². The molecular formula is C23H24F2N5O5+. The number of hydrogen-bond acceptors (Lipinski definition) is 7. The number of benzene rings is 1. The van der Waals surface area contributed by atoms with E-state index in [1.807, 2.05) is 6.07 Å². The number of aromatic nitrogens is 2. The summed E-state index contributed by atoms with van der Waals surface area (Å²) in [6.45, 7) is -1.94. The molecule has 1 aliphatic heterocycles. The molecule has 2 aliphatic rings. The topological polar surface area (TPSA) is 150 Å². The van der Waals surface area contributed by atoms with E-state index in [0.717, 1.165) is 17.7 Å². The van der Waals surface area contributed by atoms with Gasteiger partial charge in [-0.25, -0.2) is 19.1 Å². The number of ether oxygens (including phenoxy) is 1. The summed E-state index contributed by atoms with van der Waals surface area (Å²) in [5, 5.41) is 30.7. The summed E-state index contributed by atoms with van der Waals surface area (Å²) in [6, 6.07) is 7.98. The zero-order chi connectivity index (χ0) is 25.2. The number of carbonyl (C=O) groups excluding carboxylic acids is 2. The number of aromatic amines is 1. The minimum absolute atomic E-state index is 0.0181. The maximum absolute atomic E-state index is 14.7. The number of halogens is 2. The minimum Gasteiger partial charge on any atom is -0.483 e. The Morgan fingerprint density at radius 2 is 2.11 bits per heavy atom. The van der Waals surface area contributed by atoms with Crippen LogP contribution in [-0.4, -0.2) is 69.7 Å². The van der Waals surface area contributed by atoms with Gasteiger partial charge in [-0.15, -0.1) is 4.98 Å². The number of anilines is 1. The van der Waals surface area contributed by atoms with Gasteiger partial charge in [0.05, 0.1) is 30.7 Å². The van der Waals surface area contributed by atoms with Crippen molar-refractivity contribution in [3.05, 3.63) is 36.2 Å². The first-order valence-electron chi connectivity index (χ1n) is 11.1. The first-order chi connectivity index (χ1) is 16.7. The Bertz CT molecular complexity index is 1170. The first-order valence-corrected chi connectivity index (χ1v) is 11.1. The van der Waals surface area contributed by atoms with Gasteiger partial charge in [0.1, 0.15) is 11.8 Å². The van der Waals surface area contributed by atoms with Gasteiger partial charge >= 0.3 is 5.92 Å². The molecule has 4 rings (SSSR count). The summed E-state index contributed by atoms with van der Waals surface area (Å²) in [6.07, 6.45) is -0.468. The Labute approximate surface area is 199 Å². The molecule has 10 nitrogen and oxygen atoms in total. The SMILES string of the molecule is N#Cc1cc(-c2cc(NC(=O)C3CC3)[nH+]cn2)ccc1O[C@H]1CCN(C(=O)[C@@H](O)CO)CC1(F)F. The minimum atomic E-state index is -3.44. The monoisotopic (exact) mass is 488 g/mol. The average Bonchev–Trinajstić information content (AvgIpc) is 3.70. The van der Waals surface area contributed by atoms with Crippen LogP contribution in [-0.2, 0) is 9.59 Å². The smallest absolute Gasteiger partial charge is 0.301 e. The number of rotatable bonds is 7. The Morgan fingerprint density at radius 3 is 2.77 bits per heavy atom. The van der Waals surface area contributed by atoms with Gasteiger partial charge in [0.15, 0.2) is 17.9 Å². The van der Waals surface area contributed by atoms with Crippen molar-refractivity contribution in [1.82, 2.24) is 9.88 Å². The van der Waals surface area contributed by atoms with Crippen LogP contribution in [0.15, 0.2) is 30.6 Å². The summed E-state index contributed by atoms with van der Waals surface area (Å²) < 4.78 is 35.0. The highest BCUT2D eigenvalue weighted by atomic mass is 19.3. The number of nitriles is 1. The molecule has 2 atom stereocenters. The van der Waals surface area contributed by atoms with Gasteiger partial charge in [0.25, 0.3) is 11.8 Å². The van der Waals surface area contributed by atoms with Gasteiger partial charge in [-0.05, 0) is 31.0 Å². The zero-order valence-electron chi connectivity index (χ0n) is 18.6. The molecule has 1 aliphatic carbocycles. The first kappa shape index (κ1) is 24.4. The maximum atomic E-state index is 14.7. The van der Waals surface area contributed by atoms with Crippen molar-refractivity contribution < 1.29 is 38.3 Å². The second kappa shape index (κ2) is 9.89. The lowest BCUT2D eigenvalue weighted by atomic mass is 10.0. The molecule has 12 heteroatoms. The number of amides is 2. The summed E-state index contributed by atoms with van der Waals surface area (Å²) in [7, 11) is 0. The van der Waals surface area contributed by atoms with Crippen molar-refractivity contribution in [3.8, 4) is 23.1 Å². The lowest BCUT2D eigenvalue weighted by Crippen LogP contribution is -2.57. The number of nitrogens with zero attached hydrogens (tertiary/aromatic N) is 3. The van der Waals surface area contributed by atoms with Crippen LogP contribution in [0.5, 0.6) is 5.75 Å². The van der Waals surface area contributed by atoms with Gasteiger partial charge in [-0.1, -0.05) is 0 Å². The molecule has 0 radical (unpaired) electrons. The summed E-state index contributed by atoms with van der Waals surface area (Å²) in [5.74, 6) is -4.09. The molecule has 2 heterocycles. The van der Waals surface area contributed by atoms with E-state index in [-0.39, 0.29) is 36.1 Å². The third-order valence-corrected chi connectivity index (χ3v) is 5.88. The molecule has 2 fully saturated rings. The molecule has 0 bridgehead atoms. The predicted octanol–water partition coefficient (Wildman–Crippen LogP) is 0.751. The van der Waals surface area contributed by atoms with Gasteiger partial charge < -0.3 is 19.8 Å². The van der Waals surface area contributed by atoms with E-state index in [2.05, 4.69) is 15.3 Å². The number of hydrogen-bond donors (Lipinski definition) is 3. The van der Waals surface area contributed by atoms with Crippen LogP contribution in [0.1, 0.15) is 24.8 Å². The summed E-state index contributed by atoms with van der Waals surface area (Å²) in [5.41, 5.74) is 0.998. The molecule has 2 amide bonds. The van der Waals surface area contributed by atoms with E-state index in [1.54, 1.807) is 12.1 Å². The van der Waals surface area contributed by atoms with E-state index in [4.69, 9.17) is 9.84 Å². The van der Waals surface area contributed by atoms with E-state index >= 15 is 0 Å². The molecule has 0 spiro atoms. The molecular weight excluding hydrogens is 464 g/mol. The Balaban J connectivity index is 1.48. The second-order valence-electron chi connectivity index (χ2n) is 8.55. The summed E-state index contributed by atoms with van der Waals surface area (Å²) >= 11 is 0. The van der Waals surface area contributed by atoms with Crippen LogP contribution in [0.3, 0.4) is 0 Å². The highest BCUT2D eigenvalue weighted by molar-refractivity contribution is 5.93. The third-order valence-electron chi connectivity index (χ3n) is 5.88. The molecule has 35 heavy (non-hydrogen) atoms. The predicted molar refractivity (Wildman–Crippen MR) is 116 cm³/mol. The molecule has 184 valence electrons. The Kier molecular flexibility index (Phi) is 6.90. The number of aliphatic hydroxyl groups excluding tert-OH is 2. The fraction of sp³-hybridized carbons (Fsp3) is 0.435. The maximum Gasteiger partial charge on any atom is 0.301 e. The highest BCUT2D eigenvalue weighted by Crippen LogP contribution is 2.34. The molecule has 0 unspecified atom stereocenters. The van der Waals surface area contributed by atoms with Crippen molar-refractivity contribution in [2.24, 2.45) is 5.92 Å². The van der Waals surface area contributed by atoms with E-state index in [1.165, 1.54) is 18.5 Å². The lowest BCUT2D eigenvalue weighted by Gasteiger charge is -2.38. The van der Waals surface area contributed by atoms with Gasteiger partial charge in [-0.2, -0.15) is 5.26 Å². The summed E-state index contributed by atoms with van der Waals surface area (Å²) in [4.78, 5) is 31.8. The number of aliphatic hydroxyl groups is 2. The number of piperidine rings is 1. The van der Waals surface area contributed by atoms with Gasteiger partial charge in [-0.3, -0.25) is 9.59 Å². The van der Waals surface area contributed by atoms with Crippen molar-refractivity contribution in [2.75, 3.05) is 25.0 Å². The number of carbonyl (C=O) groups is 2. The van der Waals surface area contributed by atoms with Crippen LogP contribution in [0, 0.1) is 17.2 Å². The van der Waals surface area contributed by atoms with Crippen LogP contribution in [0.2, 0.25) is 0 Å². The number of alkyl halides is 2. The molecule has 1 saturated carbocycles. The second-order valence-corrected chi connectivity index (χ2v) is 8.55. The number of likely N-dealkylation sites (tertiary alicyclic amines) is 1. The van der Waals surface area contributed by atoms with E-state index < -0.39 is 37.2 Å². The van der Waals surface area contributed by atoms with Crippen molar-refractivity contribution >= 4 is 17.6 Å². The molecule has 4 N–H and O–H groups in total. The van der Waals surface area contributed by atoms with Crippen molar-refractivity contribution in [1.29, 1.82) is 5.26 Å². The standard InChI is InChI=1S/C23H23F2N5O5/c24-23(25)11-30(22(34)17(32)10-31)6-5-19(23)35-18-4-3-14(7-15(18)9-26)16-8-20(28-12-27-16)29-21(33)13-1-2-13/h3-4,7-8,12-13,17,19,31-32H,1-2,5-6,10-11H2,(H,27,28,29,33)/p+1/t17-,19-/m0/s1. The fourth-order valence-corrected chi connectivity index (χ4v) is 3.77. The number of H-pyrrole nitrogens is 1. The largest absolute Gasteiger partial charge is 0.483 e. The van der Waals surface area contributed by atoms with Crippen LogP contribution < -0.4 is 15.0 Å². The molecule has 1 aromatic heterocycles. The van der Waals surface area contributed by atoms with Gasteiger partial charge in [0.2, 0.25) is 12.1 Å². The zero-order valence-corrected chi connectivity index (χ0v) is 18.6. The van der Waals surface area contributed by atoms with Crippen molar-refractivity contribution in [2.45, 2.75) is 37.4 Å². The molecule has 1 saturated heterocycles. The van der Waals surface area contributed by atoms with Crippen LogP contribution >= 0.6 is 0 Å². The average molecular weight is 488 g/mol. The normalized spacial score (nSPS) is 20.0. The van der Waals surface area contributed by atoms with Crippen LogP contribution in [0.25, 0.3) is 11.3 Å². The molecule has 1 aromatic carbocycles. The van der Waals surface area contributed by atoms with E-state index in [9.17, 15) is 28.7 Å². The fourth-order valence-electron chi connectivity index (χ4n) is 3.77. The Hall–Kier alpha value is -3.69. The van der Waals surface area contributed by atoms with Crippen LogP contribution in [0.4, 0.5) is 14.6 Å². The third kappa shape index (κ3) is 5.52. The van der Waals surface area contributed by atoms with E-state index in [0.29, 0.717) is 17.1 Å². The highest BCUT2D eigenvalue weighted by Gasteiger charge is 2.48.